The van der Waals surface area contributed by atoms with Crippen molar-refractivity contribution in [2.75, 3.05) is 6.61 Å². The van der Waals surface area contributed by atoms with Crippen LogP contribution in [-0.2, 0) is 4.74 Å². The molecule has 5 rings (SSSR count). The SMILES string of the molecule is C[C@]12CC3OC34[C@@H](CCC3CCCC[C@@]34C)[C@@H]1CC[C@@H]2CCO. The smallest absolute Gasteiger partial charge is 0.103 e. The molecule has 5 aliphatic rings. The molecule has 23 heavy (non-hydrogen) atoms. The van der Waals surface area contributed by atoms with Crippen LogP contribution in [0.1, 0.15) is 78.1 Å². The quantitative estimate of drug-likeness (QED) is 0.758. The highest BCUT2D eigenvalue weighted by molar-refractivity contribution is 5.27. The fourth-order valence-electron chi connectivity index (χ4n) is 8.48. The molecule has 1 aliphatic heterocycles. The molecule has 1 saturated heterocycles. The van der Waals surface area contributed by atoms with Crippen molar-refractivity contribution in [2.24, 2.45) is 34.5 Å². The Bertz CT molecular complexity index is 504. The first kappa shape index (κ1) is 15.2. The summed E-state index contributed by atoms with van der Waals surface area (Å²) < 4.78 is 6.71. The molecule has 0 amide bonds. The van der Waals surface area contributed by atoms with Gasteiger partial charge >= 0.3 is 0 Å². The number of hydrogen-bond acceptors (Lipinski definition) is 2. The Morgan fingerprint density at radius 2 is 1.83 bits per heavy atom. The fourth-order valence-corrected chi connectivity index (χ4v) is 8.48. The molecule has 4 saturated carbocycles. The van der Waals surface area contributed by atoms with Crippen LogP contribution in [0.2, 0.25) is 0 Å². The van der Waals surface area contributed by atoms with Crippen LogP contribution < -0.4 is 0 Å². The molecule has 0 aromatic rings. The van der Waals surface area contributed by atoms with E-state index in [9.17, 15) is 5.11 Å². The van der Waals surface area contributed by atoms with E-state index in [4.69, 9.17) is 4.74 Å². The second kappa shape index (κ2) is 4.75. The maximum absolute atomic E-state index is 9.50. The monoisotopic (exact) mass is 318 g/mol. The predicted octanol–water partition coefficient (Wildman–Crippen LogP) is 4.55. The second-order valence-corrected chi connectivity index (χ2v) is 10.0. The number of aliphatic hydroxyl groups excluding tert-OH is 1. The third-order valence-corrected chi connectivity index (χ3v) is 9.62. The van der Waals surface area contributed by atoms with Crippen LogP contribution in [0, 0.1) is 34.5 Å². The van der Waals surface area contributed by atoms with Gasteiger partial charge in [-0.3, -0.25) is 0 Å². The summed E-state index contributed by atoms with van der Waals surface area (Å²) in [6, 6.07) is 0. The molecular formula is C21H34O2. The Hall–Kier alpha value is -0.0800. The molecule has 0 aromatic heterocycles. The lowest BCUT2D eigenvalue weighted by Gasteiger charge is -2.58. The van der Waals surface area contributed by atoms with Gasteiger partial charge in [-0.1, -0.05) is 26.7 Å². The number of hydrogen-bond donors (Lipinski definition) is 1. The highest BCUT2D eigenvalue weighted by Gasteiger charge is 2.79. The summed E-state index contributed by atoms with van der Waals surface area (Å²) in [7, 11) is 0. The van der Waals surface area contributed by atoms with Gasteiger partial charge < -0.3 is 9.84 Å². The van der Waals surface area contributed by atoms with Crippen molar-refractivity contribution in [2.45, 2.75) is 89.8 Å². The van der Waals surface area contributed by atoms with Crippen molar-refractivity contribution in [1.82, 2.24) is 0 Å². The second-order valence-electron chi connectivity index (χ2n) is 10.0. The molecule has 5 fully saturated rings. The summed E-state index contributed by atoms with van der Waals surface area (Å²) in [6.07, 6.45) is 14.2. The summed E-state index contributed by atoms with van der Waals surface area (Å²) >= 11 is 0. The van der Waals surface area contributed by atoms with E-state index in [0.29, 0.717) is 23.5 Å². The molecule has 2 heteroatoms. The van der Waals surface area contributed by atoms with Gasteiger partial charge in [-0.15, -0.1) is 0 Å². The van der Waals surface area contributed by atoms with Gasteiger partial charge in [-0.25, -0.2) is 0 Å². The van der Waals surface area contributed by atoms with Gasteiger partial charge in [0.2, 0.25) is 0 Å². The lowest BCUT2D eigenvalue weighted by Crippen LogP contribution is -2.59. The maximum atomic E-state index is 9.50. The van der Waals surface area contributed by atoms with Gasteiger partial charge in [0, 0.05) is 12.0 Å². The van der Waals surface area contributed by atoms with Crippen molar-refractivity contribution >= 4 is 0 Å². The molecule has 3 unspecified atom stereocenters. The van der Waals surface area contributed by atoms with Gasteiger partial charge in [0.25, 0.3) is 0 Å². The third-order valence-electron chi connectivity index (χ3n) is 9.62. The maximum Gasteiger partial charge on any atom is 0.103 e. The van der Waals surface area contributed by atoms with Crippen molar-refractivity contribution in [3.63, 3.8) is 0 Å². The van der Waals surface area contributed by atoms with E-state index in [-0.39, 0.29) is 5.60 Å². The normalized spacial score (nSPS) is 60.4. The standard InChI is InChI=1S/C21H34O2/c1-19-13-18-21(23-18)17(16(19)8-6-14(19)10-12-22)9-7-15-5-3-4-11-20(15,21)2/h14-18,22H,3-13H2,1-2H3/t14-,15?,16+,17+,18?,19-,20+,21?/m1/s1. The molecule has 1 spiro atoms. The number of fused-ring (bicyclic) bond motifs is 3. The number of aliphatic hydroxyl groups is 1. The van der Waals surface area contributed by atoms with E-state index in [1.54, 1.807) is 0 Å². The zero-order valence-corrected chi connectivity index (χ0v) is 15.0. The highest BCUT2D eigenvalue weighted by Crippen LogP contribution is 2.76. The summed E-state index contributed by atoms with van der Waals surface area (Å²) in [5.41, 5.74) is 1.17. The minimum absolute atomic E-state index is 0.259. The average Bonchev–Trinajstić information content (AvgIpc) is 3.16. The van der Waals surface area contributed by atoms with Gasteiger partial charge in [-0.05, 0) is 80.5 Å². The zero-order chi connectivity index (χ0) is 15.9. The van der Waals surface area contributed by atoms with E-state index in [2.05, 4.69) is 13.8 Å². The Morgan fingerprint density at radius 1 is 1.00 bits per heavy atom. The fraction of sp³-hybridized carbons (Fsp3) is 1.00. The summed E-state index contributed by atoms with van der Waals surface area (Å²) in [4.78, 5) is 0. The van der Waals surface area contributed by atoms with Crippen LogP contribution in [0.15, 0.2) is 0 Å². The lowest BCUT2D eigenvalue weighted by atomic mass is 9.44. The van der Waals surface area contributed by atoms with Crippen LogP contribution in [0.5, 0.6) is 0 Å². The largest absolute Gasteiger partial charge is 0.396 e. The molecule has 130 valence electrons. The molecule has 1 heterocycles. The average molecular weight is 319 g/mol. The molecule has 2 nitrogen and oxygen atoms in total. The van der Waals surface area contributed by atoms with Gasteiger partial charge in [0.15, 0.2) is 0 Å². The first-order chi connectivity index (χ1) is 11.1. The first-order valence-electron chi connectivity index (χ1n) is 10.3. The van der Waals surface area contributed by atoms with Crippen LogP contribution >= 0.6 is 0 Å². The van der Waals surface area contributed by atoms with Crippen LogP contribution in [-0.4, -0.2) is 23.4 Å². The molecular weight excluding hydrogens is 284 g/mol. The number of epoxide rings is 1. The molecule has 4 aliphatic carbocycles. The minimum Gasteiger partial charge on any atom is -0.396 e. The molecule has 1 N–H and O–H groups in total. The van der Waals surface area contributed by atoms with Gasteiger partial charge in [-0.2, -0.15) is 0 Å². The summed E-state index contributed by atoms with van der Waals surface area (Å²) in [6.45, 7) is 5.52. The van der Waals surface area contributed by atoms with Crippen molar-refractivity contribution in [3.05, 3.63) is 0 Å². The molecule has 0 radical (unpaired) electrons. The molecule has 8 atom stereocenters. The predicted molar refractivity (Wildman–Crippen MR) is 91.0 cm³/mol. The van der Waals surface area contributed by atoms with Crippen LogP contribution in [0.3, 0.4) is 0 Å². The minimum atomic E-state index is 0.259. The Labute approximate surface area is 141 Å². The van der Waals surface area contributed by atoms with E-state index in [1.807, 2.05) is 0 Å². The van der Waals surface area contributed by atoms with E-state index in [0.717, 1.165) is 30.1 Å². The van der Waals surface area contributed by atoms with E-state index >= 15 is 0 Å². The van der Waals surface area contributed by atoms with Crippen LogP contribution in [0.25, 0.3) is 0 Å². The van der Waals surface area contributed by atoms with Crippen molar-refractivity contribution < 1.29 is 9.84 Å². The van der Waals surface area contributed by atoms with E-state index < -0.39 is 0 Å². The van der Waals surface area contributed by atoms with Crippen LogP contribution in [0.4, 0.5) is 0 Å². The first-order valence-corrected chi connectivity index (χ1v) is 10.3. The topological polar surface area (TPSA) is 32.8 Å². The lowest BCUT2D eigenvalue weighted by molar-refractivity contribution is -0.101. The van der Waals surface area contributed by atoms with Gasteiger partial charge in [0.05, 0.1) is 6.10 Å². The molecule has 0 aromatic carbocycles. The Morgan fingerprint density at radius 3 is 2.65 bits per heavy atom. The van der Waals surface area contributed by atoms with Crippen molar-refractivity contribution in [1.29, 1.82) is 0 Å². The molecule has 0 bridgehead atoms. The Balaban J connectivity index is 1.50. The highest BCUT2D eigenvalue weighted by atomic mass is 16.6. The summed E-state index contributed by atoms with van der Waals surface area (Å²) in [5, 5.41) is 9.50. The number of ether oxygens (including phenoxy) is 1. The van der Waals surface area contributed by atoms with Crippen molar-refractivity contribution in [3.8, 4) is 0 Å². The van der Waals surface area contributed by atoms with E-state index in [1.165, 1.54) is 57.8 Å². The van der Waals surface area contributed by atoms with Gasteiger partial charge in [0.1, 0.15) is 5.60 Å². The zero-order valence-electron chi connectivity index (χ0n) is 15.0. The summed E-state index contributed by atoms with van der Waals surface area (Å²) in [5.74, 6) is 3.33. The Kier molecular flexibility index (Phi) is 3.14. The third kappa shape index (κ3) is 1.68. The number of rotatable bonds is 2.